The molecule has 0 unspecified atom stereocenters. The van der Waals surface area contributed by atoms with Crippen molar-refractivity contribution in [2.24, 2.45) is 0 Å². The third-order valence-corrected chi connectivity index (χ3v) is 13.1. The molecular weight excluding hydrogens is 749 g/mol. The first kappa shape index (κ1) is 34.6. The van der Waals surface area contributed by atoms with Gasteiger partial charge in [-0.3, -0.25) is 0 Å². The van der Waals surface area contributed by atoms with Crippen LogP contribution in [0.3, 0.4) is 0 Å². The second-order valence-electron chi connectivity index (χ2n) is 16.5. The van der Waals surface area contributed by atoms with Crippen molar-refractivity contribution in [1.29, 1.82) is 0 Å². The summed E-state index contributed by atoms with van der Waals surface area (Å²) in [4.78, 5) is 0. The smallest absolute Gasteiger partial charge is 0.0547 e. The second-order valence-corrected chi connectivity index (χ2v) is 16.5. The summed E-state index contributed by atoms with van der Waals surface area (Å²) in [5.74, 6) is 0. The zero-order chi connectivity index (χ0) is 40.7. The normalized spacial score (nSPS) is 11.9. The number of benzene rings is 11. The molecule has 13 aromatic rings. The maximum atomic E-state index is 2.50. The Balaban J connectivity index is 0.992. The summed E-state index contributed by atoms with van der Waals surface area (Å²) in [5, 5.41) is 12.6. The van der Waals surface area contributed by atoms with Crippen LogP contribution in [0.1, 0.15) is 0 Å². The molecule has 62 heavy (non-hydrogen) atoms. The lowest BCUT2D eigenvalue weighted by atomic mass is 9.90. The fourth-order valence-corrected chi connectivity index (χ4v) is 10.3. The van der Waals surface area contributed by atoms with Gasteiger partial charge >= 0.3 is 0 Å². The number of hydrogen-bond donors (Lipinski definition) is 0. The van der Waals surface area contributed by atoms with Gasteiger partial charge in [-0.2, -0.15) is 0 Å². The quantitative estimate of drug-likeness (QED) is 0.154. The molecule has 0 saturated carbocycles. The van der Waals surface area contributed by atoms with Crippen LogP contribution in [-0.2, 0) is 0 Å². The van der Waals surface area contributed by atoms with Crippen molar-refractivity contribution in [3.63, 3.8) is 0 Å². The predicted molar refractivity (Wildman–Crippen MR) is 264 cm³/mol. The van der Waals surface area contributed by atoms with Crippen LogP contribution < -0.4 is 0 Å². The van der Waals surface area contributed by atoms with E-state index in [1.807, 2.05) is 0 Å². The van der Waals surface area contributed by atoms with Crippen molar-refractivity contribution in [3.05, 3.63) is 231 Å². The highest BCUT2D eigenvalue weighted by Crippen LogP contribution is 2.43. The molecule has 0 aliphatic carbocycles. The molecule has 0 fully saturated rings. The zero-order valence-electron chi connectivity index (χ0n) is 33.8. The fourth-order valence-electron chi connectivity index (χ4n) is 10.3. The van der Waals surface area contributed by atoms with Crippen molar-refractivity contribution in [2.45, 2.75) is 0 Å². The molecule has 2 nitrogen and oxygen atoms in total. The molecular formula is C60H38N2. The van der Waals surface area contributed by atoms with Gasteiger partial charge in [0.25, 0.3) is 0 Å². The lowest BCUT2D eigenvalue weighted by Crippen LogP contribution is -1.97. The van der Waals surface area contributed by atoms with E-state index in [1.165, 1.54) is 121 Å². The first-order valence-electron chi connectivity index (χ1n) is 21.4. The van der Waals surface area contributed by atoms with E-state index in [1.54, 1.807) is 0 Å². The van der Waals surface area contributed by atoms with Crippen molar-refractivity contribution in [2.75, 3.05) is 0 Å². The Morgan fingerprint density at radius 1 is 0.210 bits per heavy atom. The summed E-state index contributed by atoms with van der Waals surface area (Å²) < 4.78 is 4.88. The van der Waals surface area contributed by atoms with Crippen LogP contribution in [0.25, 0.3) is 121 Å². The minimum absolute atomic E-state index is 1.17. The van der Waals surface area contributed by atoms with Crippen LogP contribution in [0, 0.1) is 0 Å². The summed E-state index contributed by atoms with van der Waals surface area (Å²) in [7, 11) is 0. The number of hydrogen-bond acceptors (Lipinski definition) is 0. The summed E-state index contributed by atoms with van der Waals surface area (Å²) in [6, 6.07) is 84.7. The van der Waals surface area contributed by atoms with E-state index in [0.29, 0.717) is 0 Å². The molecule has 0 N–H and O–H groups in total. The number of fused-ring (bicyclic) bond motifs is 12. The molecule has 0 aliphatic rings. The topological polar surface area (TPSA) is 9.86 Å². The van der Waals surface area contributed by atoms with E-state index >= 15 is 0 Å². The zero-order valence-corrected chi connectivity index (χ0v) is 33.8. The van der Waals surface area contributed by atoms with Gasteiger partial charge in [-0.1, -0.05) is 164 Å². The molecule has 13 rings (SSSR count). The van der Waals surface area contributed by atoms with Crippen LogP contribution >= 0.6 is 0 Å². The summed E-state index contributed by atoms with van der Waals surface area (Å²) >= 11 is 0. The largest absolute Gasteiger partial charge is 0.309 e. The lowest BCUT2D eigenvalue weighted by Gasteiger charge is -2.17. The third kappa shape index (κ3) is 5.23. The van der Waals surface area contributed by atoms with E-state index in [-0.39, 0.29) is 0 Å². The summed E-state index contributed by atoms with van der Waals surface area (Å²) in [5.41, 5.74) is 14.5. The van der Waals surface area contributed by atoms with Gasteiger partial charge in [-0.15, -0.1) is 0 Å². The Hall–Kier alpha value is -8.20. The van der Waals surface area contributed by atoms with Crippen LogP contribution in [0.15, 0.2) is 231 Å². The predicted octanol–water partition coefficient (Wildman–Crippen LogP) is 16.3. The standard InChI is InChI=1S/C60H38N2/c1-3-15-39(16-4-1)40-17-13-18-41(35-40)42-29-32-47-51-25-14-28-59(60(51)50-24-8-7-21-46(50)52(47)36-42)62-56-27-12-10-23-49(56)54-38-44(31-34-58(54)62)43-30-33-57-53(37-43)48-22-9-11-26-55(48)61(57)45-19-5-2-6-20-45/h1-38H. The monoisotopic (exact) mass is 786 g/mol. The second kappa shape index (κ2) is 13.7. The Morgan fingerprint density at radius 3 is 1.31 bits per heavy atom. The van der Waals surface area contributed by atoms with Crippen molar-refractivity contribution in [1.82, 2.24) is 9.13 Å². The molecule has 0 atom stereocenters. The number of para-hydroxylation sites is 3. The Labute approximate surface area is 358 Å². The average Bonchev–Trinajstić information content (AvgIpc) is 3.86. The molecule has 0 aliphatic heterocycles. The number of aromatic nitrogens is 2. The van der Waals surface area contributed by atoms with Crippen LogP contribution in [0.2, 0.25) is 0 Å². The van der Waals surface area contributed by atoms with Gasteiger partial charge in [-0.05, 0) is 127 Å². The van der Waals surface area contributed by atoms with Crippen molar-refractivity contribution in [3.8, 4) is 44.8 Å². The molecule has 2 aromatic heterocycles. The molecule has 2 heterocycles. The Bertz CT molecular complexity index is 3880. The van der Waals surface area contributed by atoms with Crippen LogP contribution in [0.5, 0.6) is 0 Å². The number of nitrogens with zero attached hydrogens (tertiary/aromatic N) is 2. The number of rotatable bonds is 5. The van der Waals surface area contributed by atoms with E-state index in [4.69, 9.17) is 0 Å². The minimum atomic E-state index is 1.17. The average molecular weight is 787 g/mol. The fraction of sp³-hybridized carbons (Fsp3) is 0. The Morgan fingerprint density at radius 2 is 0.629 bits per heavy atom. The molecule has 2 heteroatoms. The van der Waals surface area contributed by atoms with Gasteiger partial charge in [-0.25, -0.2) is 0 Å². The molecule has 0 saturated heterocycles. The van der Waals surface area contributed by atoms with E-state index in [2.05, 4.69) is 240 Å². The third-order valence-electron chi connectivity index (χ3n) is 13.1. The van der Waals surface area contributed by atoms with E-state index in [9.17, 15) is 0 Å². The molecule has 0 radical (unpaired) electrons. The van der Waals surface area contributed by atoms with Crippen molar-refractivity contribution >= 4 is 75.9 Å². The van der Waals surface area contributed by atoms with Gasteiger partial charge in [0, 0.05) is 32.6 Å². The summed E-state index contributed by atoms with van der Waals surface area (Å²) in [6.45, 7) is 0. The molecule has 0 bridgehead atoms. The highest BCUT2D eigenvalue weighted by molar-refractivity contribution is 6.28. The minimum Gasteiger partial charge on any atom is -0.309 e. The molecule has 11 aromatic carbocycles. The van der Waals surface area contributed by atoms with Crippen LogP contribution in [-0.4, -0.2) is 9.13 Å². The lowest BCUT2D eigenvalue weighted by molar-refractivity contribution is 1.18. The highest BCUT2D eigenvalue weighted by atomic mass is 15.0. The SMILES string of the molecule is c1ccc(-c2cccc(-c3ccc4c(c3)c3ccccc3c3c(-n5c6ccccc6c6cc(-c7ccc8c(c7)c7ccccc7n8-c7ccccc7)ccc65)cccc43)c2)cc1. The maximum absolute atomic E-state index is 2.50. The highest BCUT2D eigenvalue weighted by Gasteiger charge is 2.19. The van der Waals surface area contributed by atoms with E-state index in [0.717, 1.165) is 0 Å². The van der Waals surface area contributed by atoms with Crippen LogP contribution in [0.4, 0.5) is 0 Å². The van der Waals surface area contributed by atoms with Gasteiger partial charge in [0.05, 0.1) is 27.8 Å². The molecule has 0 amide bonds. The van der Waals surface area contributed by atoms with Gasteiger partial charge in [0.1, 0.15) is 0 Å². The van der Waals surface area contributed by atoms with E-state index < -0.39 is 0 Å². The van der Waals surface area contributed by atoms with Gasteiger partial charge < -0.3 is 9.13 Å². The van der Waals surface area contributed by atoms with Gasteiger partial charge in [0.15, 0.2) is 0 Å². The maximum Gasteiger partial charge on any atom is 0.0547 e. The molecule has 0 spiro atoms. The van der Waals surface area contributed by atoms with Gasteiger partial charge in [0.2, 0.25) is 0 Å². The Kier molecular flexibility index (Phi) is 7.64. The first-order valence-corrected chi connectivity index (χ1v) is 21.4. The molecule has 288 valence electrons. The first-order chi connectivity index (χ1) is 30.8. The summed E-state index contributed by atoms with van der Waals surface area (Å²) in [6.07, 6.45) is 0. The van der Waals surface area contributed by atoms with Crippen molar-refractivity contribution < 1.29 is 0 Å².